The third-order valence-corrected chi connectivity index (χ3v) is 17.4. The van der Waals surface area contributed by atoms with Gasteiger partial charge in [-0.1, -0.05) is 188 Å². The molecule has 11 aromatic carbocycles. The minimum Gasteiger partial charge on any atom is -0.309 e. The molecule has 0 radical (unpaired) electrons. The number of fused-ring (bicyclic) bond motifs is 8. The van der Waals surface area contributed by atoms with E-state index in [-0.39, 0.29) is 5.41 Å². The van der Waals surface area contributed by atoms with E-state index in [1.165, 1.54) is 120 Å². The zero-order valence-corrected chi connectivity index (χ0v) is 38.7. The number of hydrogen-bond donors (Lipinski definition) is 0. The average Bonchev–Trinajstić information content (AvgIpc) is 3.71. The van der Waals surface area contributed by atoms with Gasteiger partial charge >= 0.3 is 0 Å². The van der Waals surface area contributed by atoms with Crippen LogP contribution in [0.2, 0.25) is 0 Å². The van der Waals surface area contributed by atoms with Crippen LogP contribution in [0.5, 0.6) is 0 Å². The van der Waals surface area contributed by atoms with E-state index in [9.17, 15) is 0 Å². The highest BCUT2D eigenvalue weighted by Gasteiger charge is 2.62. The van der Waals surface area contributed by atoms with Crippen LogP contribution in [0.25, 0.3) is 87.6 Å². The van der Waals surface area contributed by atoms with E-state index in [2.05, 4.69) is 229 Å². The first kappa shape index (κ1) is 39.3. The lowest BCUT2D eigenvalue weighted by Gasteiger charge is -2.61. The summed E-state index contributed by atoms with van der Waals surface area (Å²) in [6.07, 6.45) is 6.96. The molecule has 4 bridgehead atoms. The topological polar surface area (TPSA) is 3.24 Å². The average molecular weight is 882 g/mol. The molecule has 0 aliphatic heterocycles. The molecule has 0 N–H and O–H groups in total. The summed E-state index contributed by atoms with van der Waals surface area (Å²) < 4.78 is 0. The number of hydrogen-bond acceptors (Lipinski definition) is 1. The molecule has 11 aromatic rings. The Morgan fingerprint density at radius 2 is 0.899 bits per heavy atom. The van der Waals surface area contributed by atoms with Crippen LogP contribution >= 0.6 is 0 Å². The van der Waals surface area contributed by atoms with Crippen LogP contribution in [-0.4, -0.2) is 0 Å². The predicted molar refractivity (Wildman–Crippen MR) is 291 cm³/mol. The van der Waals surface area contributed by atoms with Gasteiger partial charge < -0.3 is 4.90 Å². The lowest BCUT2D eigenvalue weighted by molar-refractivity contribution is -0.0397. The van der Waals surface area contributed by atoms with Crippen molar-refractivity contribution in [2.24, 2.45) is 23.7 Å². The molecule has 5 aliphatic carbocycles. The molecule has 0 atom stereocenters. The first-order chi connectivity index (χ1) is 34.2. The highest BCUT2D eigenvalue weighted by molar-refractivity contribution is 6.15. The molecule has 69 heavy (non-hydrogen) atoms. The molecule has 1 nitrogen and oxygen atoms in total. The van der Waals surface area contributed by atoms with E-state index >= 15 is 0 Å². The summed E-state index contributed by atoms with van der Waals surface area (Å²) in [5.74, 6) is 3.21. The molecule has 1 spiro atoms. The van der Waals surface area contributed by atoms with Gasteiger partial charge in [-0.25, -0.2) is 0 Å². The highest BCUT2D eigenvalue weighted by atomic mass is 15.1. The van der Waals surface area contributed by atoms with Crippen LogP contribution in [0.4, 0.5) is 17.1 Å². The van der Waals surface area contributed by atoms with Gasteiger partial charge in [0.2, 0.25) is 0 Å². The first-order valence-electron chi connectivity index (χ1n) is 25.3. The molecule has 0 heterocycles. The lowest BCUT2D eigenvalue weighted by Crippen LogP contribution is -2.55. The first-order valence-corrected chi connectivity index (χ1v) is 25.3. The lowest BCUT2D eigenvalue weighted by atomic mass is 9.42. The number of anilines is 3. The maximum Gasteiger partial charge on any atom is 0.0546 e. The summed E-state index contributed by atoms with van der Waals surface area (Å²) in [5.41, 5.74) is 17.3. The van der Waals surface area contributed by atoms with Gasteiger partial charge in [0.15, 0.2) is 0 Å². The number of rotatable bonds is 6. The second-order valence-corrected chi connectivity index (χ2v) is 20.8. The summed E-state index contributed by atoms with van der Waals surface area (Å²) in [4.78, 5) is 2.55. The van der Waals surface area contributed by atoms with Crippen molar-refractivity contribution in [3.8, 4) is 44.5 Å². The largest absolute Gasteiger partial charge is 0.309 e. The van der Waals surface area contributed by atoms with E-state index in [1.807, 2.05) is 0 Å². The fourth-order valence-corrected chi connectivity index (χ4v) is 14.8. The Bertz CT molecular complexity index is 3830. The molecule has 328 valence electrons. The molecule has 4 saturated carbocycles. The minimum atomic E-state index is 0.0827. The van der Waals surface area contributed by atoms with Crippen molar-refractivity contribution in [2.45, 2.75) is 37.5 Å². The van der Waals surface area contributed by atoms with E-state index in [0.717, 1.165) is 28.9 Å². The molecule has 16 rings (SSSR count). The molecule has 0 amide bonds. The Balaban J connectivity index is 0.968. The van der Waals surface area contributed by atoms with Crippen LogP contribution in [0.1, 0.15) is 43.2 Å². The molecule has 0 saturated heterocycles. The molecule has 1 heteroatoms. The Morgan fingerprint density at radius 3 is 1.71 bits per heavy atom. The second-order valence-electron chi connectivity index (χ2n) is 20.8. The highest BCUT2D eigenvalue weighted by Crippen LogP contribution is 2.70. The van der Waals surface area contributed by atoms with E-state index in [4.69, 9.17) is 0 Å². The molecular weight excluding hydrogens is 831 g/mol. The smallest absolute Gasteiger partial charge is 0.0546 e. The van der Waals surface area contributed by atoms with E-state index < -0.39 is 0 Å². The summed E-state index contributed by atoms with van der Waals surface area (Å²) in [6, 6.07) is 85.1. The van der Waals surface area contributed by atoms with Gasteiger partial charge in [0, 0.05) is 22.1 Å². The summed E-state index contributed by atoms with van der Waals surface area (Å²) in [6.45, 7) is 0. The molecule has 0 aromatic heterocycles. The summed E-state index contributed by atoms with van der Waals surface area (Å²) >= 11 is 0. The van der Waals surface area contributed by atoms with Gasteiger partial charge in [-0.15, -0.1) is 0 Å². The van der Waals surface area contributed by atoms with Gasteiger partial charge in [-0.2, -0.15) is 0 Å². The van der Waals surface area contributed by atoms with Crippen molar-refractivity contribution >= 4 is 60.2 Å². The van der Waals surface area contributed by atoms with Crippen LogP contribution in [0, 0.1) is 23.7 Å². The summed E-state index contributed by atoms with van der Waals surface area (Å²) in [7, 11) is 0. The third kappa shape index (κ3) is 5.83. The molecule has 5 aliphatic rings. The van der Waals surface area contributed by atoms with Crippen molar-refractivity contribution in [3.05, 3.63) is 236 Å². The minimum absolute atomic E-state index is 0.0827. The van der Waals surface area contributed by atoms with Crippen molar-refractivity contribution in [1.29, 1.82) is 0 Å². The zero-order valence-electron chi connectivity index (χ0n) is 38.7. The maximum absolute atomic E-state index is 2.55. The summed E-state index contributed by atoms with van der Waals surface area (Å²) in [5, 5.41) is 9.99. The fraction of sp³-hybridized carbons (Fsp3) is 0.147. The van der Waals surface area contributed by atoms with Gasteiger partial charge in [-0.3, -0.25) is 0 Å². The zero-order chi connectivity index (χ0) is 45.2. The molecular formula is C68H51N. The normalized spacial score (nSPS) is 20.8. The van der Waals surface area contributed by atoms with Gasteiger partial charge in [0.25, 0.3) is 0 Å². The Morgan fingerprint density at radius 1 is 0.319 bits per heavy atom. The van der Waals surface area contributed by atoms with Crippen molar-refractivity contribution in [3.63, 3.8) is 0 Å². The molecule has 4 fully saturated rings. The molecule has 0 unspecified atom stereocenters. The fourth-order valence-electron chi connectivity index (χ4n) is 14.8. The Labute approximate surface area is 404 Å². The van der Waals surface area contributed by atoms with E-state index in [1.54, 1.807) is 11.1 Å². The van der Waals surface area contributed by atoms with Gasteiger partial charge in [0.05, 0.1) is 11.4 Å². The van der Waals surface area contributed by atoms with Crippen LogP contribution in [0.3, 0.4) is 0 Å². The SMILES string of the molecule is c1ccc(-c2cc3ccc(-c4cccc5c4C4(c6ccccc6-5)C5CC6CC(C5)CC4C6)cc3cc2N(c2ccc(-c3cccc4ccccc34)cc2)c2cc3ccccc3c3ccccc23)cc1. The van der Waals surface area contributed by atoms with Crippen LogP contribution in [-0.2, 0) is 5.41 Å². The van der Waals surface area contributed by atoms with Crippen LogP contribution in [0.15, 0.2) is 224 Å². The predicted octanol–water partition coefficient (Wildman–Crippen LogP) is 18.5. The quantitative estimate of drug-likeness (QED) is 0.150. The van der Waals surface area contributed by atoms with Crippen molar-refractivity contribution in [1.82, 2.24) is 0 Å². The van der Waals surface area contributed by atoms with Gasteiger partial charge in [-0.05, 0) is 180 Å². The Kier molecular flexibility index (Phi) is 8.61. The van der Waals surface area contributed by atoms with E-state index in [0.29, 0.717) is 11.8 Å². The third-order valence-electron chi connectivity index (χ3n) is 17.4. The Hall–Kier alpha value is -7.74. The van der Waals surface area contributed by atoms with Crippen LogP contribution < -0.4 is 4.90 Å². The monoisotopic (exact) mass is 881 g/mol. The maximum atomic E-state index is 2.55. The van der Waals surface area contributed by atoms with Crippen molar-refractivity contribution in [2.75, 3.05) is 4.90 Å². The standard InChI is InChI=1S/C68H51N/c1-2-14-46(15-3-1)63-40-48-28-29-50(58-25-13-26-62-60-22-10-11-27-64(60)68(67(58)62)52-35-43-34-44(37-52)38-53(68)36-43)39-51(48)42-66(63)69(65-41-49-17-5-7-20-57(49)59-21-8-9-23-61(59)65)54-32-30-47(31-33-54)56-24-12-18-45-16-4-6-19-55(45)56/h1-33,39-44,52-53H,34-38H2. The van der Waals surface area contributed by atoms with Crippen molar-refractivity contribution < 1.29 is 0 Å². The number of nitrogens with zero attached hydrogens (tertiary/aromatic N) is 1. The van der Waals surface area contributed by atoms with Gasteiger partial charge in [0.1, 0.15) is 0 Å². The number of benzene rings is 11. The second kappa shape index (κ2) is 15.1.